The maximum absolute atomic E-state index is 6.50. The van der Waals surface area contributed by atoms with Gasteiger partial charge in [-0.2, -0.15) is 0 Å². The molecule has 36 heavy (non-hydrogen) atoms. The molecule has 1 aromatic heterocycles. The third-order valence-electron chi connectivity index (χ3n) is 9.49. The summed E-state index contributed by atoms with van der Waals surface area (Å²) in [4.78, 5) is 0. The van der Waals surface area contributed by atoms with Crippen molar-refractivity contribution in [3.63, 3.8) is 0 Å². The molecule has 3 nitrogen and oxygen atoms in total. The molecular formula is C24H13B7N2OP2-. The number of para-hydroxylation sites is 2. The summed E-state index contributed by atoms with van der Waals surface area (Å²) in [5.74, 6) is 1.97. The first kappa shape index (κ1) is 18.7. The van der Waals surface area contributed by atoms with Gasteiger partial charge in [0.15, 0.2) is 0 Å². The second kappa shape index (κ2) is 5.50. The molecule has 4 aromatic carbocycles. The first-order valence-corrected chi connectivity index (χ1v) is 16.7. The quantitative estimate of drug-likeness (QED) is 0.275. The number of hydrogen-bond donors (Lipinski definition) is 0. The van der Waals surface area contributed by atoms with Crippen LogP contribution in [0.2, 0.25) is 0 Å². The van der Waals surface area contributed by atoms with E-state index < -0.39 is 6.39 Å². The van der Waals surface area contributed by atoms with Gasteiger partial charge in [0.25, 0.3) is 0 Å². The number of nitrogens with zero attached hydrogens (tertiary/aromatic N) is 2. The van der Waals surface area contributed by atoms with Gasteiger partial charge in [-0.05, 0) is 0 Å². The number of aromatic nitrogens is 1. The van der Waals surface area contributed by atoms with Crippen LogP contribution in [0.25, 0.3) is 27.5 Å². The fraction of sp³-hybridized carbons (Fsp3) is 0. The minimum absolute atomic E-state index is 0.0965. The van der Waals surface area contributed by atoms with E-state index in [9.17, 15) is 0 Å². The van der Waals surface area contributed by atoms with Crippen molar-refractivity contribution in [1.29, 1.82) is 0 Å². The van der Waals surface area contributed by atoms with Crippen molar-refractivity contribution in [1.82, 2.24) is 4.57 Å². The summed E-state index contributed by atoms with van der Waals surface area (Å²) < 4.78 is 14.7. The van der Waals surface area contributed by atoms with Crippen molar-refractivity contribution in [3.05, 3.63) is 78.9 Å². The predicted molar refractivity (Wildman–Crippen MR) is 162 cm³/mol. The SMILES string of the molecule is [B]1B2[B-]P12(N=[P+]1B2[B-]B21)c1cc2c3c(c1)c1ccccc1n3-c1cccc3c1B2c1ccccc1O3. The summed E-state index contributed by atoms with van der Waals surface area (Å²) >= 11 is 0. The Bertz CT molecular complexity index is 1980. The molecular weight excluding hydrogens is 470 g/mol. The molecule has 11 rings (SSSR count). The molecule has 0 atom stereocenters. The second-order valence-electron chi connectivity index (χ2n) is 11.3. The van der Waals surface area contributed by atoms with Gasteiger partial charge in [0.2, 0.25) is 0 Å². The normalized spacial score (nSPS) is 21.9. The Morgan fingerprint density at radius 1 is 0.889 bits per heavy atom. The molecule has 0 N–H and O–H groups in total. The van der Waals surface area contributed by atoms with E-state index in [1.165, 1.54) is 49.2 Å². The standard InChI is InChI=1S/C24H13B7N2OP2/c1-3-8-19-15(6-1)16-12-14(36(26-29(36)27-36)32-35-30-25-31(30)35)13-18-24(16)33(19)20-9-5-11-22-23(20)28(18)17-7-2-4-10-21(17)34-22/h1-13H/q-1. The third-order valence-corrected chi connectivity index (χ3v) is 17.9. The number of rotatable bonds is 2. The first-order chi connectivity index (χ1) is 17.7. The summed E-state index contributed by atoms with van der Waals surface area (Å²) in [5.41, 5.74) is 7.87. The molecule has 5 aromatic rings. The summed E-state index contributed by atoms with van der Waals surface area (Å²) in [6.45, 7) is 5.42. The topological polar surface area (TPSA) is 26.5 Å². The Morgan fingerprint density at radius 2 is 1.69 bits per heavy atom. The van der Waals surface area contributed by atoms with E-state index in [0.29, 0.717) is 6.21 Å². The Balaban J connectivity index is 1.31. The molecule has 157 valence electrons. The maximum atomic E-state index is 6.50. The van der Waals surface area contributed by atoms with E-state index in [2.05, 4.69) is 104 Å². The molecule has 4 fully saturated rings. The second-order valence-corrected chi connectivity index (χ2v) is 18.2. The van der Waals surface area contributed by atoms with Gasteiger partial charge in [-0.3, -0.25) is 0 Å². The van der Waals surface area contributed by atoms with Gasteiger partial charge >= 0.3 is 213 Å². The summed E-state index contributed by atoms with van der Waals surface area (Å²) in [6.07, 6.45) is 0.0732. The number of hydrogen-bond acceptors (Lipinski definition) is 2. The zero-order valence-electron chi connectivity index (χ0n) is 19.2. The molecule has 6 aliphatic heterocycles. The van der Waals surface area contributed by atoms with Crippen molar-refractivity contribution in [2.45, 2.75) is 0 Å². The first-order valence-electron chi connectivity index (χ1n) is 12.8. The van der Waals surface area contributed by atoms with Gasteiger partial charge in [-0.25, -0.2) is 0 Å². The van der Waals surface area contributed by atoms with Crippen LogP contribution in [0.5, 0.6) is 11.5 Å². The summed E-state index contributed by atoms with van der Waals surface area (Å²) in [5, 5.41) is 4.23. The fourth-order valence-corrected chi connectivity index (χ4v) is 16.4. The molecule has 5 radical (unpaired) electrons. The van der Waals surface area contributed by atoms with Gasteiger partial charge in [0.1, 0.15) is 0 Å². The molecule has 7 heterocycles. The molecule has 0 spiro atoms. The summed E-state index contributed by atoms with van der Waals surface area (Å²) in [7, 11) is 2.39. The molecule has 0 amide bonds. The fourth-order valence-electron chi connectivity index (χ4n) is 7.27. The summed E-state index contributed by atoms with van der Waals surface area (Å²) in [6, 6.07) is 29.2. The molecule has 0 aliphatic carbocycles. The number of benzene rings is 4. The molecule has 0 saturated carbocycles. The van der Waals surface area contributed by atoms with E-state index in [0.717, 1.165) is 23.9 Å². The van der Waals surface area contributed by atoms with Crippen LogP contribution < -0.4 is 26.4 Å². The van der Waals surface area contributed by atoms with Crippen LogP contribution in [0.4, 0.5) is 0 Å². The van der Waals surface area contributed by atoms with Crippen LogP contribution in [-0.4, -0.2) is 50.8 Å². The van der Waals surface area contributed by atoms with Crippen LogP contribution in [0.1, 0.15) is 0 Å². The van der Waals surface area contributed by atoms with Gasteiger partial charge in [0.05, 0.1) is 0 Å². The van der Waals surface area contributed by atoms with Gasteiger partial charge in [0, 0.05) is 0 Å². The van der Waals surface area contributed by atoms with E-state index in [4.69, 9.17) is 9.25 Å². The number of ether oxygens (including phenoxy) is 1. The van der Waals surface area contributed by atoms with E-state index in [1.54, 1.807) is 0 Å². The zero-order valence-corrected chi connectivity index (χ0v) is 21.0. The average Bonchev–Trinajstić information content (AvgIpc) is 3.81. The van der Waals surface area contributed by atoms with E-state index in [-0.39, 0.29) is 14.2 Å². The van der Waals surface area contributed by atoms with Gasteiger partial charge < -0.3 is 0 Å². The van der Waals surface area contributed by atoms with E-state index in [1.807, 2.05) is 0 Å². The van der Waals surface area contributed by atoms with E-state index >= 15 is 0 Å². The Morgan fingerprint density at radius 3 is 2.53 bits per heavy atom. The molecule has 0 unspecified atom stereocenters. The van der Waals surface area contributed by atoms with Gasteiger partial charge in [-0.1, -0.05) is 0 Å². The van der Waals surface area contributed by atoms with Crippen LogP contribution >= 0.6 is 13.9 Å². The molecule has 0 bridgehead atoms. The molecule has 4 saturated heterocycles. The Labute approximate surface area is 212 Å². The monoisotopic (exact) mass is 484 g/mol. The van der Waals surface area contributed by atoms with Crippen LogP contribution in [0.15, 0.2) is 83.4 Å². The Kier molecular flexibility index (Phi) is 2.85. The predicted octanol–water partition coefficient (Wildman–Crippen LogP) is 2.51. The molecule has 12 heteroatoms. The van der Waals surface area contributed by atoms with Crippen molar-refractivity contribution < 1.29 is 4.74 Å². The third kappa shape index (κ3) is 1.92. The average molecular weight is 483 g/mol. The zero-order chi connectivity index (χ0) is 23.0. The van der Waals surface area contributed by atoms with Crippen molar-refractivity contribution in [2.75, 3.05) is 0 Å². The van der Waals surface area contributed by atoms with Gasteiger partial charge in [-0.15, -0.1) is 0 Å². The molecule has 6 aliphatic rings. The van der Waals surface area contributed by atoms with Crippen LogP contribution in [0.3, 0.4) is 0 Å². The Hall–Kier alpha value is -2.54. The van der Waals surface area contributed by atoms with Crippen molar-refractivity contribution in [3.8, 4) is 17.2 Å². The van der Waals surface area contributed by atoms with Crippen LogP contribution in [0, 0.1) is 0 Å². The van der Waals surface area contributed by atoms with Crippen molar-refractivity contribution >= 4 is 104 Å². The minimum atomic E-state index is -2.27. The van der Waals surface area contributed by atoms with Crippen molar-refractivity contribution in [2.24, 2.45) is 4.52 Å². The van der Waals surface area contributed by atoms with Crippen LogP contribution in [-0.2, 0) is 0 Å². The number of fused-ring (bicyclic) bond motifs is 9.